The molecule has 0 bridgehead atoms. The largest absolute Gasteiger partial charge is 0.573 e. The highest BCUT2D eigenvalue weighted by molar-refractivity contribution is 6.33. The second-order valence-electron chi connectivity index (χ2n) is 4.39. The first-order valence-corrected chi connectivity index (χ1v) is 6.50. The number of halogens is 4. The first-order valence-electron chi connectivity index (χ1n) is 6.12. The van der Waals surface area contributed by atoms with Crippen molar-refractivity contribution in [2.45, 2.75) is 12.8 Å². The summed E-state index contributed by atoms with van der Waals surface area (Å²) < 4.78 is 41.5. The van der Waals surface area contributed by atoms with Crippen LogP contribution < -0.4 is 4.74 Å². The number of ether oxygens (including phenoxy) is 1. The summed E-state index contributed by atoms with van der Waals surface area (Å²) in [6, 6.07) is 9.97. The molecule has 0 unspecified atom stereocenters. The van der Waals surface area contributed by atoms with E-state index in [9.17, 15) is 18.0 Å². The molecular formula is C15H10ClF3O3. The third kappa shape index (κ3) is 3.92. The molecular weight excluding hydrogens is 321 g/mol. The van der Waals surface area contributed by atoms with E-state index in [2.05, 4.69) is 4.74 Å². The van der Waals surface area contributed by atoms with Gasteiger partial charge in [-0.05, 0) is 17.7 Å². The maximum atomic E-state index is 12.5. The Balaban J connectivity index is 2.59. The van der Waals surface area contributed by atoms with E-state index in [4.69, 9.17) is 16.7 Å². The summed E-state index contributed by atoms with van der Waals surface area (Å²) in [5.74, 6) is -1.55. The summed E-state index contributed by atoms with van der Waals surface area (Å²) in [7, 11) is 0. The Morgan fingerprint density at radius 1 is 1.14 bits per heavy atom. The fourth-order valence-corrected chi connectivity index (χ4v) is 2.36. The highest BCUT2D eigenvalue weighted by Gasteiger charge is 2.32. The Morgan fingerprint density at radius 2 is 1.82 bits per heavy atom. The van der Waals surface area contributed by atoms with Crippen LogP contribution in [0.1, 0.15) is 5.56 Å². The van der Waals surface area contributed by atoms with Crippen molar-refractivity contribution in [3.8, 4) is 16.9 Å². The summed E-state index contributed by atoms with van der Waals surface area (Å²) in [6.45, 7) is 0. The number of carbonyl (C=O) groups is 1. The van der Waals surface area contributed by atoms with Gasteiger partial charge in [0.05, 0.1) is 6.42 Å². The molecule has 3 nitrogen and oxygen atoms in total. The summed E-state index contributed by atoms with van der Waals surface area (Å²) in [6.07, 6.45) is -5.22. The van der Waals surface area contributed by atoms with Gasteiger partial charge in [0, 0.05) is 16.1 Å². The quantitative estimate of drug-likeness (QED) is 0.895. The van der Waals surface area contributed by atoms with Gasteiger partial charge < -0.3 is 9.84 Å². The Kier molecular flexibility index (Phi) is 4.61. The number of para-hydroxylation sites is 1. The number of benzene rings is 2. The van der Waals surface area contributed by atoms with Crippen LogP contribution in [-0.4, -0.2) is 17.4 Å². The van der Waals surface area contributed by atoms with E-state index in [1.807, 2.05) is 0 Å². The average molecular weight is 331 g/mol. The van der Waals surface area contributed by atoms with Crippen LogP contribution in [0.3, 0.4) is 0 Å². The number of carboxylic acid groups (broad SMARTS) is 1. The van der Waals surface area contributed by atoms with Gasteiger partial charge in [-0.1, -0.05) is 41.9 Å². The molecule has 116 valence electrons. The zero-order valence-corrected chi connectivity index (χ0v) is 11.8. The van der Waals surface area contributed by atoms with E-state index in [1.165, 1.54) is 36.4 Å². The molecule has 0 aliphatic carbocycles. The first-order chi connectivity index (χ1) is 10.3. The van der Waals surface area contributed by atoms with Crippen LogP contribution in [0.5, 0.6) is 5.75 Å². The molecule has 2 rings (SSSR count). The predicted octanol–water partition coefficient (Wildman–Crippen LogP) is 4.53. The average Bonchev–Trinajstić information content (AvgIpc) is 2.38. The van der Waals surface area contributed by atoms with Crippen molar-refractivity contribution in [1.29, 1.82) is 0 Å². The Hall–Kier alpha value is -2.21. The van der Waals surface area contributed by atoms with Gasteiger partial charge in [-0.15, -0.1) is 13.2 Å². The van der Waals surface area contributed by atoms with E-state index in [0.29, 0.717) is 5.56 Å². The van der Waals surface area contributed by atoms with Gasteiger partial charge in [0.25, 0.3) is 0 Å². The van der Waals surface area contributed by atoms with Gasteiger partial charge in [0.2, 0.25) is 0 Å². The fourth-order valence-electron chi connectivity index (χ4n) is 2.07. The molecule has 0 saturated carbocycles. The van der Waals surface area contributed by atoms with Crippen molar-refractivity contribution < 1.29 is 27.8 Å². The minimum atomic E-state index is -4.86. The van der Waals surface area contributed by atoms with Crippen LogP contribution in [0.2, 0.25) is 5.02 Å². The Labute approximate surface area is 128 Å². The zero-order chi connectivity index (χ0) is 16.3. The zero-order valence-electron chi connectivity index (χ0n) is 11.0. The molecule has 0 amide bonds. The van der Waals surface area contributed by atoms with Crippen molar-refractivity contribution in [1.82, 2.24) is 0 Å². The molecule has 2 aromatic rings. The molecule has 0 saturated heterocycles. The number of aliphatic carboxylic acids is 1. The lowest BCUT2D eigenvalue weighted by Gasteiger charge is -2.16. The van der Waals surface area contributed by atoms with Crippen LogP contribution >= 0.6 is 11.6 Å². The number of rotatable bonds is 4. The molecule has 0 spiro atoms. The summed E-state index contributed by atoms with van der Waals surface area (Å²) in [5, 5.41) is 9.08. The standard InChI is InChI=1S/C15H10ClF3O3/c16-11-6-3-4-9(8-13(20)21)14(11)10-5-1-2-7-12(10)22-15(17,18)19/h1-7H,8H2,(H,20,21). The lowest BCUT2D eigenvalue weighted by atomic mass is 9.97. The monoisotopic (exact) mass is 330 g/mol. The van der Waals surface area contributed by atoms with Gasteiger partial charge in [0.15, 0.2) is 0 Å². The predicted molar refractivity (Wildman–Crippen MR) is 74.9 cm³/mol. The molecule has 0 aromatic heterocycles. The van der Waals surface area contributed by atoms with Crippen LogP contribution in [0.25, 0.3) is 11.1 Å². The van der Waals surface area contributed by atoms with E-state index in [-0.39, 0.29) is 22.6 Å². The number of hydrogen-bond acceptors (Lipinski definition) is 2. The third-order valence-corrected chi connectivity index (χ3v) is 3.14. The number of alkyl halides is 3. The highest BCUT2D eigenvalue weighted by atomic mass is 35.5. The summed E-state index contributed by atoms with van der Waals surface area (Å²) in [5.41, 5.74) is 0.603. The fraction of sp³-hybridized carbons (Fsp3) is 0.133. The van der Waals surface area contributed by atoms with Crippen molar-refractivity contribution in [2.75, 3.05) is 0 Å². The summed E-state index contributed by atoms with van der Waals surface area (Å²) >= 11 is 6.06. The molecule has 0 fully saturated rings. The second kappa shape index (κ2) is 6.27. The van der Waals surface area contributed by atoms with Gasteiger partial charge in [-0.25, -0.2) is 0 Å². The van der Waals surface area contributed by atoms with E-state index in [1.54, 1.807) is 0 Å². The molecule has 22 heavy (non-hydrogen) atoms. The van der Waals surface area contributed by atoms with E-state index >= 15 is 0 Å². The summed E-state index contributed by atoms with van der Waals surface area (Å²) in [4.78, 5) is 10.9. The van der Waals surface area contributed by atoms with Crippen molar-refractivity contribution in [3.63, 3.8) is 0 Å². The smallest absolute Gasteiger partial charge is 0.481 e. The van der Waals surface area contributed by atoms with Gasteiger partial charge in [-0.2, -0.15) is 0 Å². The van der Waals surface area contributed by atoms with Crippen LogP contribution in [0, 0.1) is 0 Å². The van der Waals surface area contributed by atoms with E-state index in [0.717, 1.165) is 6.07 Å². The normalized spacial score (nSPS) is 11.3. The second-order valence-corrected chi connectivity index (χ2v) is 4.80. The van der Waals surface area contributed by atoms with Crippen molar-refractivity contribution >= 4 is 17.6 Å². The van der Waals surface area contributed by atoms with Crippen LogP contribution in [0.4, 0.5) is 13.2 Å². The minimum Gasteiger partial charge on any atom is -0.481 e. The SMILES string of the molecule is O=C(O)Cc1cccc(Cl)c1-c1ccccc1OC(F)(F)F. The van der Waals surface area contributed by atoms with Crippen LogP contribution in [-0.2, 0) is 11.2 Å². The molecule has 0 atom stereocenters. The van der Waals surface area contributed by atoms with Crippen molar-refractivity contribution in [2.24, 2.45) is 0 Å². The Morgan fingerprint density at radius 3 is 2.45 bits per heavy atom. The van der Waals surface area contributed by atoms with Gasteiger partial charge in [-0.3, -0.25) is 4.79 Å². The highest BCUT2D eigenvalue weighted by Crippen LogP contribution is 2.39. The maximum Gasteiger partial charge on any atom is 0.573 e. The Bertz CT molecular complexity index is 699. The molecule has 0 heterocycles. The lowest BCUT2D eigenvalue weighted by Crippen LogP contribution is -2.17. The molecule has 0 radical (unpaired) electrons. The number of hydrogen-bond donors (Lipinski definition) is 1. The van der Waals surface area contributed by atoms with Crippen molar-refractivity contribution in [3.05, 3.63) is 53.1 Å². The molecule has 0 aliphatic rings. The minimum absolute atomic E-state index is 0.0849. The van der Waals surface area contributed by atoms with E-state index < -0.39 is 18.1 Å². The molecule has 0 aliphatic heterocycles. The maximum absolute atomic E-state index is 12.5. The molecule has 2 aromatic carbocycles. The van der Waals surface area contributed by atoms with Gasteiger partial charge >= 0.3 is 12.3 Å². The molecule has 7 heteroatoms. The van der Waals surface area contributed by atoms with Crippen LogP contribution in [0.15, 0.2) is 42.5 Å². The lowest BCUT2D eigenvalue weighted by molar-refractivity contribution is -0.274. The number of carboxylic acids is 1. The molecule has 1 N–H and O–H groups in total. The van der Waals surface area contributed by atoms with Gasteiger partial charge in [0.1, 0.15) is 5.75 Å². The first kappa shape index (κ1) is 16.2. The topological polar surface area (TPSA) is 46.5 Å². The third-order valence-electron chi connectivity index (χ3n) is 2.82.